The van der Waals surface area contributed by atoms with Crippen molar-refractivity contribution in [3.63, 3.8) is 0 Å². The molecule has 0 aliphatic carbocycles. The molecule has 0 bridgehead atoms. The highest BCUT2D eigenvalue weighted by Crippen LogP contribution is 2.27. The summed E-state index contributed by atoms with van der Waals surface area (Å²) in [4.78, 5) is 4.27. The van der Waals surface area contributed by atoms with Crippen LogP contribution in [0, 0.1) is 13.8 Å². The van der Waals surface area contributed by atoms with E-state index in [4.69, 9.17) is 11.6 Å². The van der Waals surface area contributed by atoms with Gasteiger partial charge in [-0.1, -0.05) is 23.7 Å². The smallest absolute Gasteiger partial charge is 0.271 e. The second kappa shape index (κ2) is 7.03. The van der Waals surface area contributed by atoms with Gasteiger partial charge in [-0.2, -0.15) is 0 Å². The molecular weight excluding hydrogens is 378 g/mol. The van der Waals surface area contributed by atoms with Crippen molar-refractivity contribution in [2.45, 2.75) is 18.1 Å². The van der Waals surface area contributed by atoms with E-state index in [1.807, 2.05) is 32.0 Å². The molecule has 0 aliphatic rings. The van der Waals surface area contributed by atoms with Gasteiger partial charge in [-0.05, 0) is 55.3 Å². The number of rotatable bonds is 5. The largest absolute Gasteiger partial charge is 0.340 e. The van der Waals surface area contributed by atoms with Crippen molar-refractivity contribution < 1.29 is 8.42 Å². The number of aryl methyl sites for hydroxylation is 2. The van der Waals surface area contributed by atoms with Crippen LogP contribution in [0.5, 0.6) is 0 Å². The predicted molar refractivity (Wildman–Crippen MR) is 104 cm³/mol. The third kappa shape index (κ3) is 4.31. The van der Waals surface area contributed by atoms with Crippen LogP contribution in [0.15, 0.2) is 52.9 Å². The highest BCUT2D eigenvalue weighted by Gasteiger charge is 2.16. The number of thiophene rings is 1. The fourth-order valence-corrected chi connectivity index (χ4v) is 4.71. The van der Waals surface area contributed by atoms with Gasteiger partial charge in [0.05, 0.1) is 16.2 Å². The van der Waals surface area contributed by atoms with E-state index in [2.05, 4.69) is 15.0 Å². The zero-order valence-corrected chi connectivity index (χ0v) is 16.0. The molecule has 0 fully saturated rings. The third-order valence-electron chi connectivity index (χ3n) is 3.48. The summed E-state index contributed by atoms with van der Waals surface area (Å²) in [5.74, 6) is 0.635. The quantitative estimate of drug-likeness (QED) is 0.642. The fourth-order valence-electron chi connectivity index (χ4n) is 2.18. The number of anilines is 3. The molecule has 0 aliphatic heterocycles. The molecule has 3 aromatic rings. The maximum Gasteiger partial charge on any atom is 0.271 e. The summed E-state index contributed by atoms with van der Waals surface area (Å²) in [5.41, 5.74) is 3.60. The third-order valence-corrected chi connectivity index (χ3v) is 6.59. The standard InChI is InChI=1S/C17H16ClN3O2S2/c1-11-3-4-12(2)14(9-11)20-16-7-5-13(10-19-16)21-25(22,23)17-8-6-15(18)24-17/h3-10,21H,1-2H3,(H,19,20). The normalized spacial score (nSPS) is 11.3. The first-order valence-electron chi connectivity index (χ1n) is 7.42. The predicted octanol–water partition coefficient (Wildman–Crippen LogP) is 4.96. The molecular formula is C17H16ClN3O2S2. The van der Waals surface area contributed by atoms with Crippen molar-refractivity contribution in [3.8, 4) is 0 Å². The highest BCUT2D eigenvalue weighted by atomic mass is 35.5. The number of pyridine rings is 1. The van der Waals surface area contributed by atoms with Crippen LogP contribution in [0.25, 0.3) is 0 Å². The molecule has 2 heterocycles. The van der Waals surface area contributed by atoms with E-state index >= 15 is 0 Å². The number of halogens is 1. The van der Waals surface area contributed by atoms with Gasteiger partial charge in [0.25, 0.3) is 10.0 Å². The van der Waals surface area contributed by atoms with Crippen LogP contribution in [0.4, 0.5) is 17.2 Å². The Bertz CT molecular complexity index is 999. The maximum absolute atomic E-state index is 12.3. The Kier molecular flexibility index (Phi) is 4.99. The Labute approximate surface area is 155 Å². The summed E-state index contributed by atoms with van der Waals surface area (Å²) in [6.45, 7) is 4.03. The van der Waals surface area contributed by atoms with E-state index < -0.39 is 10.0 Å². The maximum atomic E-state index is 12.3. The van der Waals surface area contributed by atoms with Crippen molar-refractivity contribution in [1.82, 2.24) is 4.98 Å². The molecule has 3 rings (SSSR count). The van der Waals surface area contributed by atoms with Crippen molar-refractivity contribution in [2.75, 3.05) is 10.0 Å². The molecule has 130 valence electrons. The number of benzene rings is 1. The lowest BCUT2D eigenvalue weighted by molar-refractivity contribution is 0.603. The summed E-state index contributed by atoms with van der Waals surface area (Å²) in [6, 6.07) is 12.5. The van der Waals surface area contributed by atoms with Gasteiger partial charge in [0, 0.05) is 5.69 Å². The molecule has 0 radical (unpaired) electrons. The summed E-state index contributed by atoms with van der Waals surface area (Å²) < 4.78 is 27.6. The minimum absolute atomic E-state index is 0.162. The Hall–Kier alpha value is -2.09. The van der Waals surface area contributed by atoms with Gasteiger partial charge in [0.2, 0.25) is 0 Å². The Morgan fingerprint density at radius 1 is 1.08 bits per heavy atom. The topological polar surface area (TPSA) is 71.1 Å². The second-order valence-corrected chi connectivity index (χ2v) is 9.16. The van der Waals surface area contributed by atoms with Gasteiger partial charge in [-0.3, -0.25) is 4.72 Å². The number of hydrogen-bond donors (Lipinski definition) is 2. The molecule has 25 heavy (non-hydrogen) atoms. The first kappa shape index (κ1) is 17.7. The van der Waals surface area contributed by atoms with Crippen LogP contribution >= 0.6 is 22.9 Å². The van der Waals surface area contributed by atoms with Crippen LogP contribution in [0.3, 0.4) is 0 Å². The second-order valence-electron chi connectivity index (χ2n) is 5.54. The van der Waals surface area contributed by atoms with Gasteiger partial charge in [0.15, 0.2) is 0 Å². The highest BCUT2D eigenvalue weighted by molar-refractivity contribution is 7.94. The number of aromatic nitrogens is 1. The molecule has 1 aromatic carbocycles. The molecule has 0 atom stereocenters. The average molecular weight is 394 g/mol. The van der Waals surface area contributed by atoms with Crippen molar-refractivity contribution in [2.24, 2.45) is 0 Å². The van der Waals surface area contributed by atoms with Crippen LogP contribution < -0.4 is 10.0 Å². The molecule has 2 N–H and O–H groups in total. The minimum atomic E-state index is -3.65. The Balaban J connectivity index is 1.75. The Morgan fingerprint density at radius 2 is 1.88 bits per heavy atom. The first-order valence-corrected chi connectivity index (χ1v) is 10.1. The van der Waals surface area contributed by atoms with Gasteiger partial charge in [0.1, 0.15) is 10.0 Å². The van der Waals surface area contributed by atoms with E-state index in [9.17, 15) is 8.42 Å². The molecule has 0 spiro atoms. The molecule has 2 aromatic heterocycles. The average Bonchev–Trinajstić information content (AvgIpc) is 3.00. The van der Waals surface area contributed by atoms with E-state index in [0.717, 1.165) is 28.2 Å². The van der Waals surface area contributed by atoms with Crippen molar-refractivity contribution in [3.05, 3.63) is 64.1 Å². The lowest BCUT2D eigenvalue weighted by atomic mass is 10.1. The lowest BCUT2D eigenvalue weighted by Gasteiger charge is -2.11. The summed E-state index contributed by atoms with van der Waals surface area (Å²) in [7, 11) is -3.65. The number of sulfonamides is 1. The van der Waals surface area contributed by atoms with E-state index in [-0.39, 0.29) is 4.21 Å². The van der Waals surface area contributed by atoms with Crippen LogP contribution in [0.2, 0.25) is 4.34 Å². The molecule has 8 heteroatoms. The molecule has 0 amide bonds. The molecule has 0 saturated heterocycles. The summed E-state index contributed by atoms with van der Waals surface area (Å²) in [6.07, 6.45) is 1.47. The van der Waals surface area contributed by atoms with Crippen molar-refractivity contribution in [1.29, 1.82) is 0 Å². The van der Waals surface area contributed by atoms with E-state index in [1.165, 1.54) is 12.3 Å². The molecule has 0 saturated carbocycles. The monoisotopic (exact) mass is 393 g/mol. The number of nitrogens with one attached hydrogen (secondary N) is 2. The number of hydrogen-bond acceptors (Lipinski definition) is 5. The van der Waals surface area contributed by atoms with Gasteiger partial charge in [-0.15, -0.1) is 11.3 Å². The van der Waals surface area contributed by atoms with Gasteiger partial charge in [-0.25, -0.2) is 13.4 Å². The zero-order valence-electron chi connectivity index (χ0n) is 13.6. The molecule has 0 unspecified atom stereocenters. The van der Waals surface area contributed by atoms with Gasteiger partial charge < -0.3 is 5.32 Å². The summed E-state index contributed by atoms with van der Waals surface area (Å²) >= 11 is 6.80. The van der Waals surface area contributed by atoms with Gasteiger partial charge >= 0.3 is 0 Å². The Morgan fingerprint density at radius 3 is 2.52 bits per heavy atom. The SMILES string of the molecule is Cc1ccc(C)c(Nc2ccc(NS(=O)(=O)c3ccc(Cl)s3)cn2)c1. The van der Waals surface area contributed by atoms with Crippen molar-refractivity contribution >= 4 is 50.2 Å². The molecule has 5 nitrogen and oxygen atoms in total. The van der Waals surface area contributed by atoms with E-state index in [1.54, 1.807) is 18.2 Å². The van der Waals surface area contributed by atoms with E-state index in [0.29, 0.717) is 15.8 Å². The first-order chi connectivity index (χ1) is 11.8. The van der Waals surface area contributed by atoms with Crippen LogP contribution in [-0.2, 0) is 10.0 Å². The van der Waals surface area contributed by atoms with Crippen LogP contribution in [0.1, 0.15) is 11.1 Å². The zero-order chi connectivity index (χ0) is 18.0. The summed E-state index contributed by atoms with van der Waals surface area (Å²) in [5, 5.41) is 3.23. The number of nitrogens with zero attached hydrogens (tertiary/aromatic N) is 1. The fraction of sp³-hybridized carbons (Fsp3) is 0.118. The lowest BCUT2D eigenvalue weighted by Crippen LogP contribution is -2.11. The minimum Gasteiger partial charge on any atom is -0.340 e. The van der Waals surface area contributed by atoms with Crippen LogP contribution in [-0.4, -0.2) is 13.4 Å².